The zero-order valence-electron chi connectivity index (χ0n) is 13.0. The number of nitrogens with zero attached hydrogens (tertiary/aromatic N) is 2. The lowest BCUT2D eigenvalue weighted by Gasteiger charge is -2.29. The van der Waals surface area contributed by atoms with E-state index < -0.39 is 10.2 Å². The third-order valence-corrected chi connectivity index (χ3v) is 5.92. The summed E-state index contributed by atoms with van der Waals surface area (Å²) in [6.45, 7) is 3.09. The summed E-state index contributed by atoms with van der Waals surface area (Å²) < 4.78 is 27.8. The molecule has 7 heteroatoms. The van der Waals surface area contributed by atoms with Crippen LogP contribution >= 0.6 is 11.6 Å². The van der Waals surface area contributed by atoms with E-state index in [9.17, 15) is 8.42 Å². The van der Waals surface area contributed by atoms with Crippen LogP contribution in [-0.4, -0.2) is 51.3 Å². The molecule has 0 bridgehead atoms. The van der Waals surface area contributed by atoms with Gasteiger partial charge in [0, 0.05) is 31.7 Å². The van der Waals surface area contributed by atoms with Crippen LogP contribution in [-0.2, 0) is 10.2 Å². The van der Waals surface area contributed by atoms with Crippen molar-refractivity contribution in [1.82, 2.24) is 13.9 Å². The molecule has 0 aliphatic rings. The van der Waals surface area contributed by atoms with Crippen molar-refractivity contribution in [2.75, 3.05) is 34.2 Å². The van der Waals surface area contributed by atoms with Crippen molar-refractivity contribution in [3.8, 4) is 0 Å². The van der Waals surface area contributed by atoms with Crippen molar-refractivity contribution in [2.24, 2.45) is 0 Å². The average molecular weight is 334 g/mol. The standard InChI is InChI=1S/C14H24ClN3O2S/c1-12(13-8-5-6-9-14(13)15)18(4)21(19,20)17(3)11-7-10-16-2/h5-6,8-9,12,16H,7,10-11H2,1-4H3. The number of hydrogen-bond acceptors (Lipinski definition) is 3. The molecule has 0 spiro atoms. The van der Waals surface area contributed by atoms with Gasteiger partial charge in [-0.25, -0.2) is 0 Å². The SMILES string of the molecule is CNCCCN(C)S(=O)(=O)N(C)C(C)c1ccccc1Cl. The van der Waals surface area contributed by atoms with Crippen LogP contribution in [0.3, 0.4) is 0 Å². The molecule has 1 aromatic rings. The summed E-state index contributed by atoms with van der Waals surface area (Å²) in [6, 6.07) is 6.98. The van der Waals surface area contributed by atoms with Gasteiger partial charge in [0.15, 0.2) is 0 Å². The topological polar surface area (TPSA) is 52.7 Å². The molecule has 5 nitrogen and oxygen atoms in total. The molecule has 1 N–H and O–H groups in total. The average Bonchev–Trinajstić information content (AvgIpc) is 2.46. The molecule has 1 aromatic carbocycles. The molecule has 0 fully saturated rings. The highest BCUT2D eigenvalue weighted by atomic mass is 35.5. The number of halogens is 1. The number of hydrogen-bond donors (Lipinski definition) is 1. The van der Waals surface area contributed by atoms with Crippen LogP contribution < -0.4 is 5.32 Å². The molecule has 1 atom stereocenters. The molecule has 0 heterocycles. The fourth-order valence-electron chi connectivity index (χ4n) is 2.02. The van der Waals surface area contributed by atoms with Crippen molar-refractivity contribution < 1.29 is 8.42 Å². The quantitative estimate of drug-likeness (QED) is 0.741. The summed E-state index contributed by atoms with van der Waals surface area (Å²) in [6.07, 6.45) is 0.764. The Morgan fingerprint density at radius 2 is 1.90 bits per heavy atom. The molecule has 0 amide bonds. The number of nitrogens with one attached hydrogen (secondary N) is 1. The molecule has 0 aliphatic carbocycles. The van der Waals surface area contributed by atoms with Gasteiger partial charge >= 0.3 is 0 Å². The van der Waals surface area contributed by atoms with Crippen LogP contribution in [0.4, 0.5) is 0 Å². The Morgan fingerprint density at radius 3 is 2.48 bits per heavy atom. The van der Waals surface area contributed by atoms with Crippen molar-refractivity contribution in [2.45, 2.75) is 19.4 Å². The Kier molecular flexibility index (Phi) is 7.09. The molecule has 0 saturated carbocycles. The van der Waals surface area contributed by atoms with E-state index in [1.54, 1.807) is 20.2 Å². The minimum absolute atomic E-state index is 0.324. The monoisotopic (exact) mass is 333 g/mol. The predicted molar refractivity (Wildman–Crippen MR) is 87.7 cm³/mol. The molecule has 0 aromatic heterocycles. The van der Waals surface area contributed by atoms with Gasteiger partial charge in [0.05, 0.1) is 0 Å². The highest BCUT2D eigenvalue weighted by molar-refractivity contribution is 7.86. The van der Waals surface area contributed by atoms with Crippen LogP contribution in [0.1, 0.15) is 24.9 Å². The first-order valence-electron chi connectivity index (χ1n) is 6.90. The van der Waals surface area contributed by atoms with Gasteiger partial charge < -0.3 is 5.32 Å². The highest BCUT2D eigenvalue weighted by Gasteiger charge is 2.28. The molecule has 1 rings (SSSR count). The van der Waals surface area contributed by atoms with E-state index in [-0.39, 0.29) is 6.04 Å². The van der Waals surface area contributed by atoms with Gasteiger partial charge in [-0.05, 0) is 38.6 Å². The van der Waals surface area contributed by atoms with Crippen molar-refractivity contribution >= 4 is 21.8 Å². The molecule has 0 saturated heterocycles. The molecule has 1 unspecified atom stereocenters. The Bertz CT molecular complexity index is 551. The van der Waals surface area contributed by atoms with Gasteiger partial charge in [-0.1, -0.05) is 29.8 Å². The Hall–Kier alpha value is -0.660. The smallest absolute Gasteiger partial charge is 0.282 e. The first-order chi connectivity index (χ1) is 9.82. The summed E-state index contributed by atoms with van der Waals surface area (Å²) in [5.74, 6) is 0. The van der Waals surface area contributed by atoms with Gasteiger partial charge in [0.2, 0.25) is 0 Å². The third kappa shape index (κ3) is 4.66. The zero-order chi connectivity index (χ0) is 16.0. The van der Waals surface area contributed by atoms with Crippen LogP contribution in [0, 0.1) is 0 Å². The second-order valence-corrected chi connectivity index (χ2v) is 7.50. The Balaban J connectivity index is 2.85. The van der Waals surface area contributed by atoms with E-state index in [2.05, 4.69) is 5.32 Å². The summed E-state index contributed by atoms with van der Waals surface area (Å²) in [4.78, 5) is 0. The van der Waals surface area contributed by atoms with E-state index >= 15 is 0 Å². The lowest BCUT2D eigenvalue weighted by atomic mass is 10.1. The maximum atomic E-state index is 12.5. The summed E-state index contributed by atoms with van der Waals surface area (Å²) in [7, 11) is 1.52. The highest BCUT2D eigenvalue weighted by Crippen LogP contribution is 2.28. The molecule has 21 heavy (non-hydrogen) atoms. The van der Waals surface area contributed by atoms with Crippen LogP contribution in [0.5, 0.6) is 0 Å². The first kappa shape index (κ1) is 18.4. The number of benzene rings is 1. The minimum Gasteiger partial charge on any atom is -0.320 e. The second-order valence-electron chi connectivity index (χ2n) is 5.00. The largest absolute Gasteiger partial charge is 0.320 e. The van der Waals surface area contributed by atoms with Gasteiger partial charge in [-0.2, -0.15) is 17.0 Å². The summed E-state index contributed by atoms with van der Waals surface area (Å²) in [5.41, 5.74) is 0.800. The minimum atomic E-state index is -3.50. The lowest BCUT2D eigenvalue weighted by Crippen LogP contribution is -2.41. The molecular weight excluding hydrogens is 310 g/mol. The van der Waals surface area contributed by atoms with Crippen molar-refractivity contribution in [3.63, 3.8) is 0 Å². The van der Waals surface area contributed by atoms with Crippen molar-refractivity contribution in [3.05, 3.63) is 34.9 Å². The summed E-state index contributed by atoms with van der Waals surface area (Å²) >= 11 is 6.15. The van der Waals surface area contributed by atoms with Gasteiger partial charge in [-0.15, -0.1) is 0 Å². The molecule has 0 radical (unpaired) electrons. The maximum Gasteiger partial charge on any atom is 0.282 e. The molecule has 120 valence electrons. The van der Waals surface area contributed by atoms with Crippen molar-refractivity contribution in [1.29, 1.82) is 0 Å². The predicted octanol–water partition coefficient (Wildman–Crippen LogP) is 2.12. The fraction of sp³-hybridized carbons (Fsp3) is 0.571. The maximum absolute atomic E-state index is 12.5. The van der Waals surface area contributed by atoms with Crippen LogP contribution in [0.15, 0.2) is 24.3 Å². The van der Waals surface area contributed by atoms with Crippen LogP contribution in [0.2, 0.25) is 5.02 Å². The zero-order valence-corrected chi connectivity index (χ0v) is 14.6. The lowest BCUT2D eigenvalue weighted by molar-refractivity contribution is 0.347. The summed E-state index contributed by atoms with van der Waals surface area (Å²) in [5, 5.41) is 3.58. The van der Waals surface area contributed by atoms with E-state index in [1.165, 1.54) is 8.61 Å². The van der Waals surface area contributed by atoms with E-state index in [0.717, 1.165) is 18.5 Å². The Morgan fingerprint density at radius 1 is 1.29 bits per heavy atom. The van der Waals surface area contributed by atoms with Gasteiger partial charge in [0.25, 0.3) is 10.2 Å². The Labute approximate surface area is 133 Å². The third-order valence-electron chi connectivity index (χ3n) is 3.56. The van der Waals surface area contributed by atoms with E-state index in [4.69, 9.17) is 11.6 Å². The van der Waals surface area contributed by atoms with E-state index in [1.807, 2.05) is 32.2 Å². The van der Waals surface area contributed by atoms with E-state index in [0.29, 0.717) is 11.6 Å². The van der Waals surface area contributed by atoms with Crippen LogP contribution in [0.25, 0.3) is 0 Å². The first-order valence-corrected chi connectivity index (χ1v) is 8.68. The fourth-order valence-corrected chi connectivity index (χ4v) is 3.63. The van der Waals surface area contributed by atoms with Gasteiger partial charge in [-0.3, -0.25) is 0 Å². The molecule has 0 aliphatic heterocycles. The second kappa shape index (κ2) is 8.10. The molecular formula is C14H24ClN3O2S. The number of rotatable bonds is 8. The normalized spacial score (nSPS) is 13.9. The van der Waals surface area contributed by atoms with Gasteiger partial charge in [0.1, 0.15) is 0 Å².